The van der Waals surface area contributed by atoms with Crippen molar-refractivity contribution in [1.82, 2.24) is 19.9 Å². The molecule has 0 spiro atoms. The smallest absolute Gasteiger partial charge is 0.240 e. The van der Waals surface area contributed by atoms with Gasteiger partial charge in [0, 0.05) is 24.7 Å². The third-order valence-electron chi connectivity index (χ3n) is 4.41. The Hall–Kier alpha value is -2.89. The van der Waals surface area contributed by atoms with E-state index in [-0.39, 0.29) is 12.5 Å². The number of hydrogen-bond donors (Lipinski definition) is 1. The van der Waals surface area contributed by atoms with Crippen LogP contribution in [0.5, 0.6) is 5.88 Å². The Balaban J connectivity index is 1.66. The number of rotatable bonds is 9. The summed E-state index contributed by atoms with van der Waals surface area (Å²) in [6.07, 6.45) is 4.53. The van der Waals surface area contributed by atoms with Gasteiger partial charge in [-0.2, -0.15) is 0 Å². The van der Waals surface area contributed by atoms with E-state index in [1.54, 1.807) is 6.20 Å². The highest BCUT2D eigenvalue weighted by Gasteiger charge is 2.13. The van der Waals surface area contributed by atoms with Crippen molar-refractivity contribution in [1.29, 1.82) is 0 Å². The second-order valence-corrected chi connectivity index (χ2v) is 6.40. The fraction of sp³-hybridized carbons (Fsp3) is 0.381. The van der Waals surface area contributed by atoms with Gasteiger partial charge in [0.2, 0.25) is 11.8 Å². The number of carbonyl (C=O) groups is 1. The maximum absolute atomic E-state index is 12.5. The van der Waals surface area contributed by atoms with Gasteiger partial charge >= 0.3 is 0 Å². The third-order valence-corrected chi connectivity index (χ3v) is 4.41. The van der Waals surface area contributed by atoms with E-state index in [0.717, 1.165) is 41.7 Å². The van der Waals surface area contributed by atoms with Crippen LogP contribution in [0.2, 0.25) is 0 Å². The predicted octanol–water partition coefficient (Wildman–Crippen LogP) is 3.49. The summed E-state index contributed by atoms with van der Waals surface area (Å²) in [5, 5.41) is 2.98. The molecule has 3 aromatic rings. The molecule has 0 aliphatic carbocycles. The molecule has 142 valence electrons. The number of unbranched alkanes of at least 4 members (excludes halogenated alkanes) is 1. The summed E-state index contributed by atoms with van der Waals surface area (Å²) in [6.45, 7) is 5.44. The lowest BCUT2D eigenvalue weighted by atomic mass is 10.2. The first-order chi connectivity index (χ1) is 13.2. The highest BCUT2D eigenvalue weighted by Crippen LogP contribution is 2.17. The lowest BCUT2D eigenvalue weighted by Crippen LogP contribution is -2.28. The molecule has 2 heterocycles. The van der Waals surface area contributed by atoms with E-state index in [1.807, 2.05) is 47.9 Å². The van der Waals surface area contributed by atoms with Gasteiger partial charge in [0.05, 0.1) is 17.6 Å². The molecule has 0 saturated heterocycles. The number of aromatic nitrogens is 3. The van der Waals surface area contributed by atoms with Gasteiger partial charge in [-0.1, -0.05) is 38.5 Å². The van der Waals surface area contributed by atoms with Crippen LogP contribution >= 0.6 is 0 Å². The Kier molecular flexibility index (Phi) is 6.41. The quantitative estimate of drug-likeness (QED) is 0.589. The van der Waals surface area contributed by atoms with Gasteiger partial charge in [-0.15, -0.1) is 0 Å². The minimum absolute atomic E-state index is 0.0591. The van der Waals surface area contributed by atoms with Gasteiger partial charge in [0.25, 0.3) is 0 Å². The van der Waals surface area contributed by atoms with E-state index in [9.17, 15) is 4.79 Å². The van der Waals surface area contributed by atoms with Crippen molar-refractivity contribution < 1.29 is 9.53 Å². The van der Waals surface area contributed by atoms with Gasteiger partial charge in [-0.25, -0.2) is 9.97 Å². The molecule has 1 amide bonds. The van der Waals surface area contributed by atoms with Crippen LogP contribution in [0.25, 0.3) is 11.0 Å². The maximum atomic E-state index is 12.5. The molecule has 6 nitrogen and oxygen atoms in total. The fourth-order valence-corrected chi connectivity index (χ4v) is 2.97. The Morgan fingerprint density at radius 3 is 2.85 bits per heavy atom. The number of ether oxygens (including phenoxy) is 1. The van der Waals surface area contributed by atoms with E-state index in [4.69, 9.17) is 4.74 Å². The predicted molar refractivity (Wildman–Crippen MR) is 106 cm³/mol. The number of nitrogens with one attached hydrogen (secondary N) is 1. The van der Waals surface area contributed by atoms with Gasteiger partial charge in [0.15, 0.2) is 0 Å². The Morgan fingerprint density at radius 1 is 1.19 bits per heavy atom. The normalized spacial score (nSPS) is 10.9. The van der Waals surface area contributed by atoms with Crippen LogP contribution in [0.15, 0.2) is 42.6 Å². The van der Waals surface area contributed by atoms with Gasteiger partial charge in [-0.3, -0.25) is 4.79 Å². The number of hydrogen-bond acceptors (Lipinski definition) is 4. The van der Waals surface area contributed by atoms with Crippen LogP contribution in [-0.4, -0.2) is 27.0 Å². The number of aryl methyl sites for hydroxylation is 1. The molecule has 0 unspecified atom stereocenters. The summed E-state index contributed by atoms with van der Waals surface area (Å²) in [5.41, 5.74) is 2.78. The van der Waals surface area contributed by atoms with E-state index in [2.05, 4.69) is 22.2 Å². The lowest BCUT2D eigenvalue weighted by Gasteiger charge is -2.12. The standard InChI is InChI=1S/C21H26N4O2/c1-3-5-13-27-21-16(9-8-12-22-21)14-23-20(26)15-25-18-11-7-6-10-17(18)24-19(25)4-2/h6-12H,3-5,13-15H2,1-2H3,(H,23,26). The summed E-state index contributed by atoms with van der Waals surface area (Å²) in [5.74, 6) is 1.45. The molecule has 0 saturated carbocycles. The zero-order valence-electron chi connectivity index (χ0n) is 15.9. The van der Waals surface area contributed by atoms with Crippen LogP contribution in [0.3, 0.4) is 0 Å². The van der Waals surface area contributed by atoms with Gasteiger partial charge in [-0.05, 0) is 24.6 Å². The van der Waals surface area contributed by atoms with E-state index < -0.39 is 0 Å². The summed E-state index contributed by atoms with van der Waals surface area (Å²) < 4.78 is 7.71. The maximum Gasteiger partial charge on any atom is 0.240 e. The van der Waals surface area contributed by atoms with Crippen molar-refractivity contribution in [2.24, 2.45) is 0 Å². The molecule has 6 heteroatoms. The monoisotopic (exact) mass is 366 g/mol. The van der Waals surface area contributed by atoms with Crippen molar-refractivity contribution in [2.75, 3.05) is 6.61 Å². The highest BCUT2D eigenvalue weighted by atomic mass is 16.5. The number of amides is 1. The minimum atomic E-state index is -0.0591. The van der Waals surface area contributed by atoms with Crippen LogP contribution in [0.1, 0.15) is 38.1 Å². The SMILES string of the molecule is CCCCOc1ncccc1CNC(=O)Cn1c(CC)nc2ccccc21. The first-order valence-corrected chi connectivity index (χ1v) is 9.50. The second-order valence-electron chi connectivity index (χ2n) is 6.40. The molecule has 1 aromatic carbocycles. The first kappa shape index (κ1) is 18.9. The van der Waals surface area contributed by atoms with Crippen molar-refractivity contribution in [3.05, 3.63) is 54.0 Å². The molecule has 0 atom stereocenters. The Morgan fingerprint density at radius 2 is 2.04 bits per heavy atom. The number of benzene rings is 1. The molecule has 0 radical (unpaired) electrons. The zero-order chi connectivity index (χ0) is 19.1. The number of imidazole rings is 1. The Bertz CT molecular complexity index is 904. The largest absolute Gasteiger partial charge is 0.477 e. The number of para-hydroxylation sites is 2. The van der Waals surface area contributed by atoms with Crippen LogP contribution in [0.4, 0.5) is 0 Å². The molecule has 3 rings (SSSR count). The number of carbonyl (C=O) groups excluding carboxylic acids is 1. The van der Waals surface area contributed by atoms with Crippen molar-refractivity contribution >= 4 is 16.9 Å². The third kappa shape index (κ3) is 4.64. The molecular formula is C21H26N4O2. The number of nitrogens with zero attached hydrogens (tertiary/aromatic N) is 3. The summed E-state index contributed by atoms with van der Waals surface area (Å²) in [6, 6.07) is 11.7. The molecule has 0 aliphatic heterocycles. The second kappa shape index (κ2) is 9.16. The van der Waals surface area contributed by atoms with E-state index >= 15 is 0 Å². The molecule has 2 aromatic heterocycles. The minimum Gasteiger partial charge on any atom is -0.477 e. The molecule has 0 bridgehead atoms. The average Bonchev–Trinajstić information content (AvgIpc) is 3.05. The Labute approximate surface area is 159 Å². The molecule has 1 N–H and O–H groups in total. The van der Waals surface area contributed by atoms with Crippen LogP contribution < -0.4 is 10.1 Å². The molecule has 0 aliphatic rings. The van der Waals surface area contributed by atoms with Crippen LogP contribution in [-0.2, 0) is 24.3 Å². The summed E-state index contributed by atoms with van der Waals surface area (Å²) >= 11 is 0. The molecule has 0 fully saturated rings. The van der Waals surface area contributed by atoms with Gasteiger partial charge in [0.1, 0.15) is 12.4 Å². The summed E-state index contributed by atoms with van der Waals surface area (Å²) in [7, 11) is 0. The van der Waals surface area contributed by atoms with Crippen molar-refractivity contribution in [3.63, 3.8) is 0 Å². The molecular weight excluding hydrogens is 340 g/mol. The lowest BCUT2D eigenvalue weighted by molar-refractivity contribution is -0.121. The average molecular weight is 366 g/mol. The van der Waals surface area contributed by atoms with Crippen LogP contribution in [0, 0.1) is 0 Å². The first-order valence-electron chi connectivity index (χ1n) is 9.50. The topological polar surface area (TPSA) is 69.0 Å². The fourth-order valence-electron chi connectivity index (χ4n) is 2.97. The summed E-state index contributed by atoms with van der Waals surface area (Å²) in [4.78, 5) is 21.4. The zero-order valence-corrected chi connectivity index (χ0v) is 15.9. The van der Waals surface area contributed by atoms with Gasteiger partial charge < -0.3 is 14.6 Å². The van der Waals surface area contributed by atoms with E-state index in [1.165, 1.54) is 0 Å². The highest BCUT2D eigenvalue weighted by molar-refractivity contribution is 5.81. The van der Waals surface area contributed by atoms with E-state index in [0.29, 0.717) is 19.0 Å². The van der Waals surface area contributed by atoms with Crippen molar-refractivity contribution in [2.45, 2.75) is 46.2 Å². The molecule has 27 heavy (non-hydrogen) atoms. The number of fused-ring (bicyclic) bond motifs is 1. The number of pyridine rings is 1. The van der Waals surface area contributed by atoms with Crippen molar-refractivity contribution in [3.8, 4) is 5.88 Å².